The summed E-state index contributed by atoms with van der Waals surface area (Å²) in [7, 11) is 0. The van der Waals surface area contributed by atoms with Crippen LogP contribution in [0.5, 0.6) is 0 Å². The number of hydrogen-bond acceptors (Lipinski definition) is 13. The highest BCUT2D eigenvalue weighted by Crippen LogP contribution is 2.18. The summed E-state index contributed by atoms with van der Waals surface area (Å²) in [5, 5.41) is 32.3. The Balaban J connectivity index is 4.62. The van der Waals surface area contributed by atoms with Crippen LogP contribution in [0.15, 0.2) is 10.4 Å². The van der Waals surface area contributed by atoms with E-state index in [0.717, 1.165) is 12.8 Å². The molecule has 0 aliphatic heterocycles. The van der Waals surface area contributed by atoms with Gasteiger partial charge in [0.15, 0.2) is 0 Å². The van der Waals surface area contributed by atoms with Crippen molar-refractivity contribution in [3.8, 4) is 0 Å². The van der Waals surface area contributed by atoms with Crippen LogP contribution in [0, 0.1) is 15.7 Å². The van der Waals surface area contributed by atoms with Crippen molar-refractivity contribution in [3.63, 3.8) is 0 Å². The Bertz CT molecular complexity index is 1120. The van der Waals surface area contributed by atoms with E-state index >= 15 is 0 Å². The molecular weight excluding hydrogens is 680 g/mol. The van der Waals surface area contributed by atoms with E-state index in [0.29, 0.717) is 51.6 Å². The van der Waals surface area contributed by atoms with Crippen LogP contribution in [-0.2, 0) is 33.5 Å². The number of aliphatic carboxylic acids is 1. The maximum absolute atomic E-state index is 12.4. The largest absolute Gasteiger partial charge is 0.481 e. The van der Waals surface area contributed by atoms with E-state index in [2.05, 4.69) is 42.3 Å². The Kier molecular flexibility index (Phi) is 24.0. The molecule has 3 unspecified atom stereocenters. The quantitative estimate of drug-likeness (QED) is 0.0301. The molecule has 18 heteroatoms. The van der Waals surface area contributed by atoms with Crippen molar-refractivity contribution in [2.24, 2.45) is 16.3 Å². The molecule has 18 nitrogen and oxygen atoms in total. The summed E-state index contributed by atoms with van der Waals surface area (Å²) < 4.78 is 5.24. The number of nitrogens with zero attached hydrogens (tertiary/aromatic N) is 2. The molecule has 0 fully saturated rings. The number of amides is 4. The molecular formula is C34H62N8O10. The molecule has 4 atom stereocenters. The number of carboxylic acid groups (broad SMARTS) is 1. The molecule has 4 amide bonds. The summed E-state index contributed by atoms with van der Waals surface area (Å²) in [6.45, 7) is 13.5. The van der Waals surface area contributed by atoms with Gasteiger partial charge >= 0.3 is 5.97 Å². The second-order valence-corrected chi connectivity index (χ2v) is 14.2. The zero-order valence-electron chi connectivity index (χ0n) is 31.9. The molecule has 0 saturated carbocycles. The van der Waals surface area contributed by atoms with E-state index in [4.69, 9.17) is 9.84 Å². The summed E-state index contributed by atoms with van der Waals surface area (Å²) in [4.78, 5) is 92.7. The third kappa shape index (κ3) is 22.1. The SMILES string of the molecule is CC(=O)NC(CCC(=O)O)C(=O)NCCCC[C@@H](C=O)NC(=O)COCC(=O)NCCC(CCNC(C)(C)C(C)N=O)CCNC(C)(C)C(C)N=O. The van der Waals surface area contributed by atoms with E-state index < -0.39 is 71.5 Å². The van der Waals surface area contributed by atoms with Gasteiger partial charge in [0.1, 0.15) is 37.6 Å². The predicted octanol–water partition coefficient (Wildman–Crippen LogP) is 1.29. The Hall–Kier alpha value is -3.90. The van der Waals surface area contributed by atoms with Crippen molar-refractivity contribution >= 4 is 35.9 Å². The Morgan fingerprint density at radius 1 is 0.731 bits per heavy atom. The lowest BCUT2D eigenvalue weighted by Crippen LogP contribution is -2.48. The number of hydrogen-bond donors (Lipinski definition) is 7. The Morgan fingerprint density at radius 3 is 1.77 bits per heavy atom. The van der Waals surface area contributed by atoms with Gasteiger partial charge in [0.25, 0.3) is 0 Å². The molecule has 298 valence electrons. The van der Waals surface area contributed by atoms with E-state index in [1.807, 2.05) is 27.7 Å². The van der Waals surface area contributed by atoms with Gasteiger partial charge in [-0.15, -0.1) is 0 Å². The molecule has 0 aliphatic rings. The predicted molar refractivity (Wildman–Crippen MR) is 195 cm³/mol. The maximum Gasteiger partial charge on any atom is 0.303 e. The normalized spacial score (nSPS) is 14.5. The summed E-state index contributed by atoms with van der Waals surface area (Å²) in [5.41, 5.74) is -0.957. The number of carbonyl (C=O) groups is 6. The Labute approximate surface area is 306 Å². The van der Waals surface area contributed by atoms with Crippen molar-refractivity contribution < 1.29 is 38.6 Å². The first kappa shape index (κ1) is 48.1. The fraction of sp³-hybridized carbons (Fsp3) is 0.824. The number of carbonyl (C=O) groups excluding carboxylic acids is 5. The smallest absolute Gasteiger partial charge is 0.303 e. The maximum atomic E-state index is 12.4. The lowest BCUT2D eigenvalue weighted by molar-refractivity contribution is -0.138. The van der Waals surface area contributed by atoms with Gasteiger partial charge in [-0.1, -0.05) is 10.4 Å². The van der Waals surface area contributed by atoms with Crippen LogP contribution in [0.4, 0.5) is 0 Å². The highest BCUT2D eigenvalue weighted by molar-refractivity contribution is 5.87. The topological polar surface area (TPSA) is 263 Å². The average molecular weight is 743 g/mol. The molecule has 52 heavy (non-hydrogen) atoms. The summed E-state index contributed by atoms with van der Waals surface area (Å²) in [6.07, 6.45) is 3.68. The molecule has 0 aliphatic carbocycles. The van der Waals surface area contributed by atoms with Crippen molar-refractivity contribution in [2.75, 3.05) is 39.4 Å². The molecule has 0 radical (unpaired) electrons. The monoisotopic (exact) mass is 742 g/mol. The van der Waals surface area contributed by atoms with Crippen LogP contribution < -0.4 is 31.9 Å². The van der Waals surface area contributed by atoms with Crippen LogP contribution >= 0.6 is 0 Å². The van der Waals surface area contributed by atoms with Gasteiger partial charge in [-0.25, -0.2) is 0 Å². The van der Waals surface area contributed by atoms with E-state index in [-0.39, 0.29) is 31.9 Å². The van der Waals surface area contributed by atoms with Gasteiger partial charge in [-0.2, -0.15) is 9.81 Å². The van der Waals surface area contributed by atoms with Crippen molar-refractivity contribution in [1.82, 2.24) is 31.9 Å². The van der Waals surface area contributed by atoms with Crippen molar-refractivity contribution in [3.05, 3.63) is 9.81 Å². The molecule has 0 spiro atoms. The number of nitroso groups, excluding NO2 is 2. The molecule has 0 rings (SSSR count). The molecule has 0 aromatic carbocycles. The summed E-state index contributed by atoms with van der Waals surface area (Å²) in [6, 6.07) is -2.60. The van der Waals surface area contributed by atoms with Crippen LogP contribution in [0.3, 0.4) is 0 Å². The summed E-state index contributed by atoms with van der Waals surface area (Å²) >= 11 is 0. The molecule has 7 N–H and O–H groups in total. The lowest BCUT2D eigenvalue weighted by atomic mass is 9.92. The molecule has 0 aromatic rings. The van der Waals surface area contributed by atoms with Crippen LogP contribution in [0.1, 0.15) is 99.8 Å². The van der Waals surface area contributed by atoms with Gasteiger partial charge in [-0.3, -0.25) is 24.0 Å². The summed E-state index contributed by atoms with van der Waals surface area (Å²) in [5.74, 6) is -2.83. The van der Waals surface area contributed by atoms with Gasteiger partial charge < -0.3 is 46.5 Å². The molecule has 0 saturated heterocycles. The number of unbranched alkanes of at least 4 members (excludes halogenated alkanes) is 1. The zero-order valence-corrected chi connectivity index (χ0v) is 31.9. The minimum absolute atomic E-state index is 0.0524. The van der Waals surface area contributed by atoms with Crippen LogP contribution in [-0.4, -0.2) is 116 Å². The first-order valence-electron chi connectivity index (χ1n) is 17.9. The molecule has 0 heterocycles. The number of ether oxygens (including phenoxy) is 1. The first-order chi connectivity index (χ1) is 24.4. The van der Waals surface area contributed by atoms with Gasteiger partial charge in [0, 0.05) is 37.5 Å². The molecule has 0 aromatic heterocycles. The van der Waals surface area contributed by atoms with Crippen molar-refractivity contribution in [1.29, 1.82) is 0 Å². The number of carboxylic acids is 1. The fourth-order valence-electron chi connectivity index (χ4n) is 4.92. The van der Waals surface area contributed by atoms with Gasteiger partial charge in [0.2, 0.25) is 23.6 Å². The standard InChI is InChI=1S/C34H62N8O10/c1-23(41-50)33(4,5)37-18-14-26(15-19-38-34(6,7)24(2)42-51)13-17-35-29(45)21-52-22-30(46)40-27(20-43)10-8-9-16-36-32(49)28(39-25(3)44)11-12-31(47)48/h20,23-24,26-28,37-38H,8-19,21-22H2,1-7H3,(H,35,45)(H,36,49)(H,39,44)(H,40,46)(H,47,48)/t23?,24?,26?,27-,28?/m0/s1. The second-order valence-electron chi connectivity index (χ2n) is 14.2. The van der Waals surface area contributed by atoms with E-state index in [1.54, 1.807) is 13.8 Å². The van der Waals surface area contributed by atoms with Crippen LogP contribution in [0.25, 0.3) is 0 Å². The van der Waals surface area contributed by atoms with Gasteiger partial charge in [-0.05, 0) is 105 Å². The minimum atomic E-state index is -1.09. The fourth-order valence-corrected chi connectivity index (χ4v) is 4.92. The van der Waals surface area contributed by atoms with Crippen LogP contribution in [0.2, 0.25) is 0 Å². The van der Waals surface area contributed by atoms with E-state index in [1.165, 1.54) is 6.92 Å². The number of aldehydes is 1. The zero-order chi connectivity index (χ0) is 39.7. The number of nitrogens with one attached hydrogen (secondary N) is 6. The second kappa shape index (κ2) is 26.0. The van der Waals surface area contributed by atoms with Gasteiger partial charge in [0.05, 0.1) is 6.04 Å². The molecule has 0 bridgehead atoms. The Morgan fingerprint density at radius 2 is 1.27 bits per heavy atom. The minimum Gasteiger partial charge on any atom is -0.481 e. The third-order valence-corrected chi connectivity index (χ3v) is 9.11. The van der Waals surface area contributed by atoms with Crippen molar-refractivity contribution in [2.45, 2.75) is 135 Å². The van der Waals surface area contributed by atoms with E-state index in [9.17, 15) is 38.6 Å². The highest BCUT2D eigenvalue weighted by atomic mass is 16.5. The average Bonchev–Trinajstić information content (AvgIpc) is 3.07. The highest BCUT2D eigenvalue weighted by Gasteiger charge is 2.28. The lowest BCUT2D eigenvalue weighted by Gasteiger charge is -2.31. The third-order valence-electron chi connectivity index (χ3n) is 9.11. The number of rotatable bonds is 31. The first-order valence-corrected chi connectivity index (χ1v) is 17.9.